The summed E-state index contributed by atoms with van der Waals surface area (Å²) < 4.78 is 10.6. The van der Waals surface area contributed by atoms with Crippen LogP contribution >= 0.6 is 11.6 Å². The molecular weight excluding hydrogens is 266 g/mol. The molecule has 1 aliphatic heterocycles. The third-order valence-electron chi connectivity index (χ3n) is 3.45. The molecule has 0 radical (unpaired) electrons. The molecule has 0 spiro atoms. The summed E-state index contributed by atoms with van der Waals surface area (Å²) in [5, 5.41) is 0.517. The second-order valence-electron chi connectivity index (χ2n) is 4.69. The van der Waals surface area contributed by atoms with Gasteiger partial charge in [-0.3, -0.25) is 4.79 Å². The molecule has 1 aliphatic rings. The Morgan fingerprint density at radius 1 is 1.26 bits per heavy atom. The highest BCUT2D eigenvalue weighted by atomic mass is 35.5. The van der Waals surface area contributed by atoms with Gasteiger partial charge in [-0.1, -0.05) is 11.6 Å². The summed E-state index contributed by atoms with van der Waals surface area (Å²) in [7, 11) is 3.20. The Kier molecular flexibility index (Phi) is 4.20. The fourth-order valence-electron chi connectivity index (χ4n) is 2.43. The molecule has 5 heteroatoms. The number of ether oxygens (including phenoxy) is 2. The summed E-state index contributed by atoms with van der Waals surface area (Å²) in [4.78, 5) is 13.6. The van der Waals surface area contributed by atoms with E-state index in [2.05, 4.69) is 4.90 Å². The van der Waals surface area contributed by atoms with E-state index in [0.29, 0.717) is 41.7 Å². The van der Waals surface area contributed by atoms with Crippen molar-refractivity contribution < 1.29 is 14.3 Å². The molecule has 2 rings (SSSR count). The summed E-state index contributed by atoms with van der Waals surface area (Å²) in [6.45, 7) is 2.73. The van der Waals surface area contributed by atoms with Crippen molar-refractivity contribution in [2.75, 3.05) is 25.7 Å². The van der Waals surface area contributed by atoms with Crippen LogP contribution < -0.4 is 14.4 Å². The molecule has 104 valence electrons. The third kappa shape index (κ3) is 2.78. The van der Waals surface area contributed by atoms with Crippen molar-refractivity contribution in [2.24, 2.45) is 0 Å². The summed E-state index contributed by atoms with van der Waals surface area (Å²) in [5.41, 5.74) is 0.920. The van der Waals surface area contributed by atoms with Crippen LogP contribution in [0.4, 0.5) is 5.69 Å². The molecule has 0 N–H and O–H groups in total. The first-order chi connectivity index (χ1) is 9.06. The Balaban J connectivity index is 2.39. The van der Waals surface area contributed by atoms with Crippen molar-refractivity contribution in [1.82, 2.24) is 0 Å². The normalized spacial score (nSPS) is 19.5. The van der Waals surface area contributed by atoms with Gasteiger partial charge in [-0.15, -0.1) is 0 Å². The molecule has 1 heterocycles. The van der Waals surface area contributed by atoms with Crippen LogP contribution in [0.3, 0.4) is 0 Å². The van der Waals surface area contributed by atoms with Crippen LogP contribution in [0.1, 0.15) is 19.8 Å². The van der Waals surface area contributed by atoms with Gasteiger partial charge in [0.15, 0.2) is 0 Å². The topological polar surface area (TPSA) is 38.8 Å². The molecule has 19 heavy (non-hydrogen) atoms. The molecule has 0 saturated carbocycles. The Bertz CT molecular complexity index is 490. The second kappa shape index (κ2) is 5.70. The number of anilines is 1. The van der Waals surface area contributed by atoms with E-state index in [0.717, 1.165) is 5.69 Å². The highest BCUT2D eigenvalue weighted by molar-refractivity contribution is 6.32. The number of halogens is 1. The number of rotatable bonds is 3. The van der Waals surface area contributed by atoms with E-state index in [-0.39, 0.29) is 6.04 Å². The zero-order valence-electron chi connectivity index (χ0n) is 11.4. The largest absolute Gasteiger partial charge is 0.495 e. The number of hydrogen-bond acceptors (Lipinski definition) is 4. The van der Waals surface area contributed by atoms with Crippen LogP contribution in [-0.2, 0) is 4.79 Å². The second-order valence-corrected chi connectivity index (χ2v) is 5.10. The van der Waals surface area contributed by atoms with Crippen molar-refractivity contribution in [3.8, 4) is 11.5 Å². The molecule has 1 unspecified atom stereocenters. The first kappa shape index (κ1) is 14.0. The van der Waals surface area contributed by atoms with Crippen molar-refractivity contribution in [1.29, 1.82) is 0 Å². The van der Waals surface area contributed by atoms with E-state index < -0.39 is 0 Å². The maximum atomic E-state index is 11.5. The number of carbonyl (C=O) groups is 1. The van der Waals surface area contributed by atoms with Crippen molar-refractivity contribution in [3.05, 3.63) is 17.2 Å². The number of Topliss-reactive ketones (excluding diaryl/α,β-unsaturated/α-hetero) is 1. The average molecular weight is 284 g/mol. The standard InChI is InChI=1S/C14H18ClNO3/c1-9-6-10(17)4-5-16(9)12-8-13(18-2)11(15)7-14(12)19-3/h7-9H,4-6H2,1-3H3. The Morgan fingerprint density at radius 2 is 1.95 bits per heavy atom. The van der Waals surface area contributed by atoms with Crippen LogP contribution in [-0.4, -0.2) is 32.6 Å². The summed E-state index contributed by atoms with van der Waals surface area (Å²) in [6.07, 6.45) is 1.13. The zero-order valence-corrected chi connectivity index (χ0v) is 12.2. The lowest BCUT2D eigenvalue weighted by Gasteiger charge is -2.35. The highest BCUT2D eigenvalue weighted by Gasteiger charge is 2.26. The first-order valence-electron chi connectivity index (χ1n) is 6.26. The minimum absolute atomic E-state index is 0.154. The fourth-order valence-corrected chi connectivity index (χ4v) is 2.66. The minimum Gasteiger partial charge on any atom is -0.495 e. The van der Waals surface area contributed by atoms with Crippen molar-refractivity contribution in [2.45, 2.75) is 25.8 Å². The fraction of sp³-hybridized carbons (Fsp3) is 0.500. The minimum atomic E-state index is 0.154. The lowest BCUT2D eigenvalue weighted by atomic mass is 10.0. The molecule has 1 aromatic carbocycles. The maximum Gasteiger partial charge on any atom is 0.143 e. The molecule has 0 bridgehead atoms. The zero-order chi connectivity index (χ0) is 14.0. The van der Waals surface area contributed by atoms with Gasteiger partial charge in [0.1, 0.15) is 17.3 Å². The Morgan fingerprint density at radius 3 is 2.53 bits per heavy atom. The molecule has 0 aliphatic carbocycles. The van der Waals surface area contributed by atoms with Crippen LogP contribution in [0.5, 0.6) is 11.5 Å². The van der Waals surface area contributed by atoms with E-state index in [1.807, 2.05) is 13.0 Å². The molecule has 0 amide bonds. The van der Waals surface area contributed by atoms with Gasteiger partial charge in [0, 0.05) is 37.6 Å². The van der Waals surface area contributed by atoms with Crippen LogP contribution in [0, 0.1) is 0 Å². The molecule has 1 fully saturated rings. The summed E-state index contributed by atoms with van der Waals surface area (Å²) >= 11 is 6.10. The van der Waals surface area contributed by atoms with E-state index >= 15 is 0 Å². The Labute approximate surface area is 118 Å². The highest BCUT2D eigenvalue weighted by Crippen LogP contribution is 2.39. The van der Waals surface area contributed by atoms with Gasteiger partial charge in [-0.25, -0.2) is 0 Å². The van der Waals surface area contributed by atoms with Gasteiger partial charge >= 0.3 is 0 Å². The predicted molar refractivity (Wildman–Crippen MR) is 75.6 cm³/mol. The van der Waals surface area contributed by atoms with Crippen LogP contribution in [0.2, 0.25) is 5.02 Å². The summed E-state index contributed by atoms with van der Waals surface area (Å²) in [5.74, 6) is 1.62. The first-order valence-corrected chi connectivity index (χ1v) is 6.64. The SMILES string of the molecule is COc1cc(N2CCC(=O)CC2C)c(OC)cc1Cl. The van der Waals surface area contributed by atoms with Gasteiger partial charge in [-0.2, -0.15) is 0 Å². The van der Waals surface area contributed by atoms with Crippen molar-refractivity contribution in [3.63, 3.8) is 0 Å². The van der Waals surface area contributed by atoms with Gasteiger partial charge in [0.05, 0.1) is 24.9 Å². The summed E-state index contributed by atoms with van der Waals surface area (Å²) in [6, 6.07) is 3.77. The van der Waals surface area contributed by atoms with E-state index in [1.165, 1.54) is 0 Å². The number of methoxy groups -OCH3 is 2. The number of hydrogen-bond donors (Lipinski definition) is 0. The molecule has 1 aromatic rings. The molecular formula is C14H18ClNO3. The van der Waals surface area contributed by atoms with E-state index in [9.17, 15) is 4.79 Å². The number of nitrogens with zero attached hydrogens (tertiary/aromatic N) is 1. The Hall–Kier alpha value is -1.42. The van der Waals surface area contributed by atoms with Gasteiger partial charge in [0.25, 0.3) is 0 Å². The number of carbonyl (C=O) groups excluding carboxylic acids is 1. The van der Waals surface area contributed by atoms with E-state index in [4.69, 9.17) is 21.1 Å². The molecule has 1 atom stereocenters. The third-order valence-corrected chi connectivity index (χ3v) is 3.74. The molecule has 0 aromatic heterocycles. The number of ketones is 1. The van der Waals surface area contributed by atoms with E-state index in [1.54, 1.807) is 20.3 Å². The predicted octanol–water partition coefficient (Wildman–Crippen LogP) is 2.92. The smallest absolute Gasteiger partial charge is 0.143 e. The van der Waals surface area contributed by atoms with Crippen LogP contribution in [0.15, 0.2) is 12.1 Å². The lowest BCUT2D eigenvalue weighted by molar-refractivity contribution is -0.120. The average Bonchev–Trinajstić information content (AvgIpc) is 2.39. The van der Waals surface area contributed by atoms with Gasteiger partial charge < -0.3 is 14.4 Å². The van der Waals surface area contributed by atoms with Gasteiger partial charge in [-0.05, 0) is 6.92 Å². The number of benzene rings is 1. The van der Waals surface area contributed by atoms with Crippen LogP contribution in [0.25, 0.3) is 0 Å². The number of piperidine rings is 1. The molecule has 1 saturated heterocycles. The maximum absolute atomic E-state index is 11.5. The molecule has 4 nitrogen and oxygen atoms in total. The van der Waals surface area contributed by atoms with Gasteiger partial charge in [0.2, 0.25) is 0 Å². The lowest BCUT2D eigenvalue weighted by Crippen LogP contribution is -2.41. The quantitative estimate of drug-likeness (QED) is 0.855. The monoisotopic (exact) mass is 283 g/mol. The van der Waals surface area contributed by atoms with Crippen molar-refractivity contribution >= 4 is 23.1 Å².